The van der Waals surface area contributed by atoms with Crippen LogP contribution < -0.4 is 4.90 Å². The molecule has 26 heavy (non-hydrogen) atoms. The highest BCUT2D eigenvalue weighted by molar-refractivity contribution is 7.90. The highest BCUT2D eigenvalue weighted by Crippen LogP contribution is 2.37. The van der Waals surface area contributed by atoms with E-state index in [2.05, 4.69) is 14.8 Å². The molecule has 2 heterocycles. The second-order valence-corrected chi connectivity index (χ2v) is 8.79. The molecule has 2 aromatic rings. The number of hydrogen-bond donors (Lipinski definition) is 0. The van der Waals surface area contributed by atoms with E-state index >= 15 is 0 Å². The van der Waals surface area contributed by atoms with Crippen LogP contribution in [0.25, 0.3) is 0 Å². The highest BCUT2D eigenvalue weighted by Gasteiger charge is 2.32. The minimum Gasteiger partial charge on any atom is -0.354 e. The molecule has 0 radical (unpaired) electrons. The van der Waals surface area contributed by atoms with Gasteiger partial charge in [-0.15, -0.1) is 10.2 Å². The molecular weight excluding hydrogens is 358 g/mol. The van der Waals surface area contributed by atoms with Crippen molar-refractivity contribution in [3.63, 3.8) is 0 Å². The van der Waals surface area contributed by atoms with Gasteiger partial charge in [-0.1, -0.05) is 13.8 Å². The Morgan fingerprint density at radius 2 is 1.96 bits per heavy atom. The maximum absolute atomic E-state index is 11.7. The molecule has 0 amide bonds. The van der Waals surface area contributed by atoms with Crippen molar-refractivity contribution >= 4 is 21.2 Å². The summed E-state index contributed by atoms with van der Waals surface area (Å²) in [4.78, 5) is 12.8. The smallest absolute Gasteiger partial charge is 0.293 e. The topological polar surface area (TPSA) is 111 Å². The maximum atomic E-state index is 11.7. The van der Waals surface area contributed by atoms with E-state index in [1.807, 2.05) is 25.7 Å². The Morgan fingerprint density at radius 3 is 2.54 bits per heavy atom. The summed E-state index contributed by atoms with van der Waals surface area (Å²) >= 11 is 0. The maximum Gasteiger partial charge on any atom is 0.293 e. The minimum absolute atomic E-state index is 0.0668. The first-order valence-electron chi connectivity index (χ1n) is 8.29. The summed E-state index contributed by atoms with van der Waals surface area (Å²) < 4.78 is 25.5. The van der Waals surface area contributed by atoms with Gasteiger partial charge in [-0.25, -0.2) is 8.42 Å². The van der Waals surface area contributed by atoms with Gasteiger partial charge < -0.3 is 9.47 Å². The summed E-state index contributed by atoms with van der Waals surface area (Å²) in [6.45, 7) is 7.17. The molecule has 0 saturated heterocycles. The number of fused-ring (bicyclic) bond motifs is 1. The summed E-state index contributed by atoms with van der Waals surface area (Å²) in [5, 5.41) is 20.1. The number of nitro groups is 1. The van der Waals surface area contributed by atoms with Crippen molar-refractivity contribution in [2.75, 3.05) is 17.7 Å². The van der Waals surface area contributed by atoms with Crippen LogP contribution in [0.4, 0.5) is 11.4 Å². The molecule has 1 aliphatic heterocycles. The predicted octanol–water partition coefficient (Wildman–Crippen LogP) is 2.29. The number of nitro benzene ring substituents is 1. The molecular formula is C16H21N5O4S. The van der Waals surface area contributed by atoms with Crippen LogP contribution in [-0.2, 0) is 16.4 Å². The monoisotopic (exact) mass is 379 g/mol. The summed E-state index contributed by atoms with van der Waals surface area (Å²) in [7, 11) is -3.52. The van der Waals surface area contributed by atoms with E-state index in [1.165, 1.54) is 12.1 Å². The third-order valence-electron chi connectivity index (χ3n) is 4.61. The van der Waals surface area contributed by atoms with Crippen molar-refractivity contribution in [2.24, 2.45) is 0 Å². The molecule has 1 aromatic carbocycles. The van der Waals surface area contributed by atoms with Gasteiger partial charge in [0.15, 0.2) is 15.7 Å². The lowest BCUT2D eigenvalue weighted by atomic mass is 10.1. The van der Waals surface area contributed by atoms with Crippen LogP contribution in [0.3, 0.4) is 0 Å². The first-order valence-corrected chi connectivity index (χ1v) is 10.2. The number of aromatic nitrogens is 3. The molecule has 0 spiro atoms. The number of hydrogen-bond acceptors (Lipinski definition) is 7. The number of anilines is 1. The Kier molecular flexibility index (Phi) is 4.47. The Morgan fingerprint density at radius 1 is 1.27 bits per heavy atom. The molecule has 0 saturated carbocycles. The van der Waals surface area contributed by atoms with Gasteiger partial charge >= 0.3 is 0 Å². The van der Waals surface area contributed by atoms with Crippen LogP contribution in [0.15, 0.2) is 23.1 Å². The summed E-state index contributed by atoms with van der Waals surface area (Å²) in [6, 6.07) is 3.81. The summed E-state index contributed by atoms with van der Waals surface area (Å²) in [6.07, 6.45) is 1.03. The second-order valence-electron chi connectivity index (χ2n) is 6.77. The van der Waals surface area contributed by atoms with Crippen LogP contribution in [0.2, 0.25) is 0 Å². The molecule has 0 bridgehead atoms. The Bertz CT molecular complexity index is 967. The molecule has 0 aliphatic carbocycles. The average molecular weight is 379 g/mol. The Hall–Kier alpha value is -2.49. The fourth-order valence-electron chi connectivity index (χ4n) is 3.29. The zero-order valence-electron chi connectivity index (χ0n) is 15.1. The molecule has 0 fully saturated rings. The van der Waals surface area contributed by atoms with Crippen LogP contribution in [-0.4, -0.2) is 40.9 Å². The van der Waals surface area contributed by atoms with E-state index in [-0.39, 0.29) is 22.5 Å². The fourth-order valence-corrected chi connectivity index (χ4v) is 3.93. The van der Waals surface area contributed by atoms with Crippen molar-refractivity contribution in [1.82, 2.24) is 14.8 Å². The molecule has 1 atom stereocenters. The van der Waals surface area contributed by atoms with Gasteiger partial charge in [0.05, 0.1) is 15.9 Å². The molecule has 9 nitrogen and oxygen atoms in total. The lowest BCUT2D eigenvalue weighted by Gasteiger charge is -2.35. The van der Waals surface area contributed by atoms with Gasteiger partial charge in [-0.2, -0.15) is 0 Å². The molecule has 0 N–H and O–H groups in total. The number of rotatable bonds is 4. The zero-order valence-corrected chi connectivity index (χ0v) is 15.9. The number of sulfone groups is 1. The van der Waals surface area contributed by atoms with Gasteiger partial charge in [0, 0.05) is 31.3 Å². The normalized spacial score (nSPS) is 17.4. The largest absolute Gasteiger partial charge is 0.354 e. The van der Waals surface area contributed by atoms with Crippen LogP contribution in [0.1, 0.15) is 44.4 Å². The van der Waals surface area contributed by atoms with E-state index < -0.39 is 14.8 Å². The zero-order chi connectivity index (χ0) is 19.2. The highest BCUT2D eigenvalue weighted by atomic mass is 32.2. The quantitative estimate of drug-likeness (QED) is 0.592. The van der Waals surface area contributed by atoms with Gasteiger partial charge in [0.2, 0.25) is 0 Å². The summed E-state index contributed by atoms with van der Waals surface area (Å²) in [5.41, 5.74) is 0.159. The standard InChI is InChI=1S/C16H21N5O4S/c1-10(2)15-17-18-16-11(3)19(7-8-20(15)16)13-6-5-12(26(4,24)25)9-14(13)21(22)23/h5-6,9-11H,7-8H2,1-4H3. The second kappa shape index (κ2) is 6.35. The lowest BCUT2D eigenvalue weighted by molar-refractivity contribution is -0.384. The van der Waals surface area contributed by atoms with E-state index in [4.69, 9.17) is 0 Å². The van der Waals surface area contributed by atoms with E-state index in [0.29, 0.717) is 18.8 Å². The molecule has 140 valence electrons. The average Bonchev–Trinajstić information content (AvgIpc) is 2.99. The first kappa shape index (κ1) is 18.3. The van der Waals surface area contributed by atoms with E-state index in [0.717, 1.165) is 24.0 Å². The van der Waals surface area contributed by atoms with E-state index in [9.17, 15) is 18.5 Å². The van der Waals surface area contributed by atoms with Crippen molar-refractivity contribution in [3.8, 4) is 0 Å². The van der Waals surface area contributed by atoms with Crippen molar-refractivity contribution in [2.45, 2.75) is 44.2 Å². The third-order valence-corrected chi connectivity index (χ3v) is 5.72. The van der Waals surface area contributed by atoms with Crippen molar-refractivity contribution < 1.29 is 13.3 Å². The Labute approximate surface area is 151 Å². The van der Waals surface area contributed by atoms with Crippen LogP contribution in [0, 0.1) is 10.1 Å². The lowest BCUT2D eigenvalue weighted by Crippen LogP contribution is -2.38. The van der Waals surface area contributed by atoms with Crippen molar-refractivity contribution in [1.29, 1.82) is 0 Å². The molecule has 10 heteroatoms. The van der Waals surface area contributed by atoms with Gasteiger partial charge in [-0.3, -0.25) is 10.1 Å². The molecule has 1 unspecified atom stereocenters. The number of nitrogens with zero attached hydrogens (tertiary/aromatic N) is 5. The first-order chi connectivity index (χ1) is 12.1. The minimum atomic E-state index is -3.52. The van der Waals surface area contributed by atoms with Crippen LogP contribution >= 0.6 is 0 Å². The van der Waals surface area contributed by atoms with Crippen molar-refractivity contribution in [3.05, 3.63) is 40.0 Å². The Balaban J connectivity index is 2.05. The molecule has 1 aromatic heterocycles. The van der Waals surface area contributed by atoms with Gasteiger partial charge in [-0.05, 0) is 19.1 Å². The summed E-state index contributed by atoms with van der Waals surface area (Å²) in [5.74, 6) is 1.88. The SMILES string of the molecule is CC(C)c1nnc2n1CCN(c1ccc(S(C)(=O)=O)cc1[N+](=O)[O-])C2C. The van der Waals surface area contributed by atoms with E-state index in [1.54, 1.807) is 0 Å². The number of benzene rings is 1. The molecule has 1 aliphatic rings. The third kappa shape index (κ3) is 3.05. The van der Waals surface area contributed by atoms with Gasteiger partial charge in [0.25, 0.3) is 5.69 Å². The fraction of sp³-hybridized carbons (Fsp3) is 0.500. The van der Waals surface area contributed by atoms with Gasteiger partial charge in [0.1, 0.15) is 11.5 Å². The van der Waals surface area contributed by atoms with Crippen LogP contribution in [0.5, 0.6) is 0 Å². The molecule has 3 rings (SSSR count). The predicted molar refractivity (Wildman–Crippen MR) is 96.1 cm³/mol.